The zero-order valence-electron chi connectivity index (χ0n) is 7.59. The normalized spacial score (nSPS) is 10.2. The van der Waals surface area contributed by atoms with E-state index in [1.165, 1.54) is 15.6 Å². The van der Waals surface area contributed by atoms with E-state index < -0.39 is 0 Å². The summed E-state index contributed by atoms with van der Waals surface area (Å²) in [7, 11) is 0. The molecule has 1 aromatic carbocycles. The van der Waals surface area contributed by atoms with Gasteiger partial charge in [0.2, 0.25) is 0 Å². The molecule has 0 amide bonds. The molecule has 1 aromatic heterocycles. The van der Waals surface area contributed by atoms with Gasteiger partial charge in [0.1, 0.15) is 0 Å². The lowest BCUT2D eigenvalue weighted by Gasteiger charge is -1.98. The van der Waals surface area contributed by atoms with Gasteiger partial charge < -0.3 is 0 Å². The summed E-state index contributed by atoms with van der Waals surface area (Å²) < 4.78 is 1.25. The van der Waals surface area contributed by atoms with Crippen LogP contribution in [0.3, 0.4) is 0 Å². The Morgan fingerprint density at radius 3 is 2.77 bits per heavy atom. The van der Waals surface area contributed by atoms with Crippen molar-refractivity contribution in [3.05, 3.63) is 34.2 Å². The number of hydrogen-bond donors (Lipinski definition) is 0. The number of nitrogens with zero attached hydrogens (tertiary/aromatic N) is 1. The first kappa shape index (κ1) is 8.28. The number of thiophene rings is 1. The molecule has 0 bridgehead atoms. The van der Waals surface area contributed by atoms with E-state index in [4.69, 9.17) is 5.26 Å². The summed E-state index contributed by atoms with van der Waals surface area (Å²) in [6.07, 6.45) is 0. The molecule has 0 aliphatic rings. The van der Waals surface area contributed by atoms with Gasteiger partial charge >= 0.3 is 0 Å². The molecular formula is C11H9NS. The van der Waals surface area contributed by atoms with Crippen LogP contribution in [0, 0.1) is 25.2 Å². The summed E-state index contributed by atoms with van der Waals surface area (Å²) in [6.45, 7) is 4.11. The maximum atomic E-state index is 8.84. The molecule has 0 saturated heterocycles. The first-order valence-electron chi connectivity index (χ1n) is 4.11. The molecule has 2 heteroatoms. The number of aryl methyl sites for hydroxylation is 2. The highest BCUT2D eigenvalue weighted by molar-refractivity contribution is 7.17. The molecule has 1 nitrogen and oxygen atoms in total. The molecule has 1 heterocycles. The lowest BCUT2D eigenvalue weighted by molar-refractivity contribution is 1.43. The van der Waals surface area contributed by atoms with Crippen molar-refractivity contribution < 1.29 is 0 Å². The summed E-state index contributed by atoms with van der Waals surface area (Å²) in [6, 6.07) is 6.14. The van der Waals surface area contributed by atoms with Crippen molar-refractivity contribution in [2.45, 2.75) is 13.8 Å². The molecule has 13 heavy (non-hydrogen) atoms. The second-order valence-corrected chi connectivity index (χ2v) is 4.02. The van der Waals surface area contributed by atoms with E-state index in [1.54, 1.807) is 11.3 Å². The second-order valence-electron chi connectivity index (χ2n) is 3.15. The summed E-state index contributed by atoms with van der Waals surface area (Å²) in [5, 5.41) is 12.3. The second kappa shape index (κ2) is 2.86. The average Bonchev–Trinajstić information content (AvgIpc) is 2.50. The Hall–Kier alpha value is -1.33. The van der Waals surface area contributed by atoms with Crippen molar-refractivity contribution in [3.8, 4) is 6.07 Å². The number of fused-ring (bicyclic) bond motifs is 1. The van der Waals surface area contributed by atoms with Crippen molar-refractivity contribution in [3.63, 3.8) is 0 Å². The summed E-state index contributed by atoms with van der Waals surface area (Å²) in [5.74, 6) is 0. The maximum absolute atomic E-state index is 8.84. The Kier molecular flexibility index (Phi) is 1.82. The van der Waals surface area contributed by atoms with Gasteiger partial charge in [-0.3, -0.25) is 0 Å². The van der Waals surface area contributed by atoms with Gasteiger partial charge in [0, 0.05) is 4.70 Å². The van der Waals surface area contributed by atoms with Crippen LogP contribution in [0.15, 0.2) is 17.5 Å². The Bertz CT molecular complexity index is 503. The number of benzene rings is 1. The minimum atomic E-state index is 0.786. The summed E-state index contributed by atoms with van der Waals surface area (Å²) in [5.41, 5.74) is 3.19. The van der Waals surface area contributed by atoms with E-state index in [0.29, 0.717) is 0 Å². The van der Waals surface area contributed by atoms with E-state index >= 15 is 0 Å². The summed E-state index contributed by atoms with van der Waals surface area (Å²) in [4.78, 5) is 0. The fraction of sp³-hybridized carbons (Fsp3) is 0.182. The molecule has 0 spiro atoms. The third-order valence-corrected chi connectivity index (χ3v) is 3.54. The number of rotatable bonds is 0. The van der Waals surface area contributed by atoms with Crippen LogP contribution in [-0.2, 0) is 0 Å². The first-order valence-corrected chi connectivity index (χ1v) is 4.99. The van der Waals surface area contributed by atoms with Gasteiger partial charge in [-0.15, -0.1) is 11.3 Å². The van der Waals surface area contributed by atoms with Crippen molar-refractivity contribution >= 4 is 21.4 Å². The van der Waals surface area contributed by atoms with Gasteiger partial charge in [-0.1, -0.05) is 6.07 Å². The molecule has 0 fully saturated rings. The Morgan fingerprint density at radius 1 is 1.31 bits per heavy atom. The zero-order chi connectivity index (χ0) is 9.42. The quantitative estimate of drug-likeness (QED) is 0.620. The average molecular weight is 187 g/mol. The third kappa shape index (κ3) is 1.13. The smallest absolute Gasteiger partial charge is 0.0994 e. The molecule has 2 rings (SSSR count). The topological polar surface area (TPSA) is 23.8 Å². The van der Waals surface area contributed by atoms with Crippen molar-refractivity contribution in [1.82, 2.24) is 0 Å². The highest BCUT2D eigenvalue weighted by Crippen LogP contribution is 2.29. The highest BCUT2D eigenvalue weighted by atomic mass is 32.1. The predicted molar refractivity (Wildman–Crippen MR) is 56.0 cm³/mol. The molecule has 0 radical (unpaired) electrons. The molecule has 0 atom stereocenters. The minimum absolute atomic E-state index is 0.786. The lowest BCUT2D eigenvalue weighted by Crippen LogP contribution is -1.81. The van der Waals surface area contributed by atoms with Crippen LogP contribution < -0.4 is 0 Å². The van der Waals surface area contributed by atoms with E-state index in [1.807, 2.05) is 19.1 Å². The van der Waals surface area contributed by atoms with Crippen LogP contribution in [-0.4, -0.2) is 0 Å². The number of nitriles is 1. The molecule has 0 aliphatic carbocycles. The summed E-state index contributed by atoms with van der Waals surface area (Å²) >= 11 is 1.72. The largest absolute Gasteiger partial charge is 0.192 e. The Balaban J connectivity index is 2.90. The molecule has 0 saturated carbocycles. The monoisotopic (exact) mass is 187 g/mol. The molecule has 2 aromatic rings. The Labute approximate surface area is 81.2 Å². The van der Waals surface area contributed by atoms with Gasteiger partial charge in [0.25, 0.3) is 0 Å². The fourth-order valence-electron chi connectivity index (χ4n) is 1.49. The standard InChI is InChI=1S/C11H9NS/c1-7-6-13-11-8(2)9(5-12)3-4-10(7)11/h3-4,6H,1-2H3. The van der Waals surface area contributed by atoms with Crippen molar-refractivity contribution in [1.29, 1.82) is 5.26 Å². The van der Waals surface area contributed by atoms with E-state index in [2.05, 4.69) is 18.4 Å². The highest BCUT2D eigenvalue weighted by Gasteiger charge is 2.05. The minimum Gasteiger partial charge on any atom is -0.192 e. The van der Waals surface area contributed by atoms with E-state index in [0.717, 1.165) is 11.1 Å². The zero-order valence-corrected chi connectivity index (χ0v) is 8.40. The van der Waals surface area contributed by atoms with Crippen LogP contribution in [0.2, 0.25) is 0 Å². The van der Waals surface area contributed by atoms with Gasteiger partial charge in [0.05, 0.1) is 11.6 Å². The van der Waals surface area contributed by atoms with Crippen LogP contribution >= 0.6 is 11.3 Å². The van der Waals surface area contributed by atoms with Crippen LogP contribution in [0.1, 0.15) is 16.7 Å². The predicted octanol–water partition coefficient (Wildman–Crippen LogP) is 3.39. The fourth-order valence-corrected chi connectivity index (χ4v) is 2.55. The molecule has 0 N–H and O–H groups in total. The third-order valence-electron chi connectivity index (χ3n) is 2.30. The Morgan fingerprint density at radius 2 is 2.08 bits per heavy atom. The molecule has 0 aliphatic heterocycles. The molecule has 0 unspecified atom stereocenters. The molecular weight excluding hydrogens is 178 g/mol. The van der Waals surface area contributed by atoms with Gasteiger partial charge in [-0.05, 0) is 41.8 Å². The molecule has 64 valence electrons. The van der Waals surface area contributed by atoms with Crippen LogP contribution in [0.5, 0.6) is 0 Å². The van der Waals surface area contributed by atoms with Gasteiger partial charge in [-0.2, -0.15) is 5.26 Å². The maximum Gasteiger partial charge on any atom is 0.0994 e. The SMILES string of the molecule is Cc1csc2c(C)c(C#N)ccc12. The van der Waals surface area contributed by atoms with Gasteiger partial charge in [0.15, 0.2) is 0 Å². The van der Waals surface area contributed by atoms with Crippen LogP contribution in [0.25, 0.3) is 10.1 Å². The van der Waals surface area contributed by atoms with Crippen molar-refractivity contribution in [2.24, 2.45) is 0 Å². The van der Waals surface area contributed by atoms with E-state index in [-0.39, 0.29) is 0 Å². The van der Waals surface area contributed by atoms with Crippen LogP contribution in [0.4, 0.5) is 0 Å². The van der Waals surface area contributed by atoms with Gasteiger partial charge in [-0.25, -0.2) is 0 Å². The lowest BCUT2D eigenvalue weighted by atomic mass is 10.1. The number of hydrogen-bond acceptors (Lipinski definition) is 2. The van der Waals surface area contributed by atoms with E-state index in [9.17, 15) is 0 Å². The first-order chi connectivity index (χ1) is 6.24. The van der Waals surface area contributed by atoms with Crippen molar-refractivity contribution in [2.75, 3.05) is 0 Å².